The molecule has 0 spiro atoms. The van der Waals surface area contributed by atoms with E-state index >= 15 is 0 Å². The van der Waals surface area contributed by atoms with Crippen LogP contribution in [0.3, 0.4) is 0 Å². The Morgan fingerprint density at radius 2 is 1.76 bits per heavy atom. The molecule has 124 valence electrons. The van der Waals surface area contributed by atoms with Crippen molar-refractivity contribution < 1.29 is 4.79 Å². The molecule has 0 aromatic carbocycles. The van der Waals surface area contributed by atoms with E-state index in [2.05, 4.69) is 22.5 Å². The SMILES string of the molecule is CNCC1CCN(C(C)C(=O)NC2CCCCC2)CC1.Cl. The topological polar surface area (TPSA) is 44.4 Å². The molecule has 1 heterocycles. The zero-order chi connectivity index (χ0) is 14.4. The van der Waals surface area contributed by atoms with Crippen molar-refractivity contribution in [3.8, 4) is 0 Å². The van der Waals surface area contributed by atoms with Crippen molar-refractivity contribution >= 4 is 18.3 Å². The number of rotatable bonds is 5. The molecule has 2 fully saturated rings. The number of carbonyl (C=O) groups excluding carboxylic acids is 1. The summed E-state index contributed by atoms with van der Waals surface area (Å²) in [5.41, 5.74) is 0. The van der Waals surface area contributed by atoms with Crippen LogP contribution in [0.2, 0.25) is 0 Å². The molecule has 1 aliphatic carbocycles. The predicted octanol–water partition coefficient (Wildman–Crippen LogP) is 2.18. The molecule has 4 nitrogen and oxygen atoms in total. The van der Waals surface area contributed by atoms with Crippen molar-refractivity contribution in [2.45, 2.75) is 64.0 Å². The summed E-state index contributed by atoms with van der Waals surface area (Å²) in [5.74, 6) is 1.02. The zero-order valence-corrected chi connectivity index (χ0v) is 14.4. The minimum Gasteiger partial charge on any atom is -0.352 e. The second-order valence-electron chi connectivity index (χ2n) is 6.56. The summed E-state index contributed by atoms with van der Waals surface area (Å²) in [5, 5.41) is 6.52. The van der Waals surface area contributed by atoms with Gasteiger partial charge in [-0.05, 0) is 65.2 Å². The van der Waals surface area contributed by atoms with Crippen LogP contribution in [-0.4, -0.2) is 49.6 Å². The van der Waals surface area contributed by atoms with Crippen LogP contribution in [-0.2, 0) is 4.79 Å². The highest BCUT2D eigenvalue weighted by atomic mass is 35.5. The van der Waals surface area contributed by atoms with E-state index in [4.69, 9.17) is 0 Å². The van der Waals surface area contributed by atoms with Gasteiger partial charge in [-0.25, -0.2) is 0 Å². The number of likely N-dealkylation sites (tertiary alicyclic amines) is 1. The third-order valence-electron chi connectivity index (χ3n) is 5.02. The lowest BCUT2D eigenvalue weighted by Crippen LogP contribution is -2.51. The van der Waals surface area contributed by atoms with Crippen molar-refractivity contribution in [3.63, 3.8) is 0 Å². The van der Waals surface area contributed by atoms with Gasteiger partial charge in [-0.15, -0.1) is 12.4 Å². The molecule has 1 amide bonds. The third kappa shape index (κ3) is 5.76. The molecule has 21 heavy (non-hydrogen) atoms. The second kappa shape index (κ2) is 9.65. The maximum Gasteiger partial charge on any atom is 0.237 e. The molecule has 1 saturated carbocycles. The number of nitrogens with one attached hydrogen (secondary N) is 2. The molecule has 0 aromatic rings. The minimum absolute atomic E-state index is 0. The number of hydrogen-bond acceptors (Lipinski definition) is 3. The molecule has 2 N–H and O–H groups in total. The Morgan fingerprint density at radius 3 is 2.33 bits per heavy atom. The monoisotopic (exact) mass is 317 g/mol. The molecule has 0 aromatic heterocycles. The smallest absolute Gasteiger partial charge is 0.237 e. The molecule has 2 aliphatic rings. The van der Waals surface area contributed by atoms with E-state index in [-0.39, 0.29) is 24.4 Å². The summed E-state index contributed by atoms with van der Waals surface area (Å²) in [7, 11) is 2.02. The molecule has 1 saturated heterocycles. The summed E-state index contributed by atoms with van der Waals surface area (Å²) in [4.78, 5) is 14.7. The third-order valence-corrected chi connectivity index (χ3v) is 5.02. The fourth-order valence-electron chi connectivity index (χ4n) is 3.57. The Balaban J connectivity index is 0.00000220. The zero-order valence-electron chi connectivity index (χ0n) is 13.6. The van der Waals surface area contributed by atoms with Crippen molar-refractivity contribution in [1.82, 2.24) is 15.5 Å². The first kappa shape index (κ1) is 18.7. The van der Waals surface area contributed by atoms with Crippen molar-refractivity contribution in [2.24, 2.45) is 5.92 Å². The molecule has 1 aliphatic heterocycles. The van der Waals surface area contributed by atoms with E-state index in [1.165, 1.54) is 44.9 Å². The van der Waals surface area contributed by atoms with Crippen LogP contribution in [0.1, 0.15) is 51.9 Å². The maximum absolute atomic E-state index is 12.4. The van der Waals surface area contributed by atoms with Gasteiger partial charge in [0, 0.05) is 6.04 Å². The van der Waals surface area contributed by atoms with E-state index in [0.717, 1.165) is 25.6 Å². The van der Waals surface area contributed by atoms with E-state index in [1.807, 2.05) is 7.05 Å². The standard InChI is InChI=1S/C16H31N3O.ClH/c1-13(16(20)18-15-6-4-3-5-7-15)19-10-8-14(9-11-19)12-17-2;/h13-15,17H,3-12H2,1-2H3,(H,18,20);1H. The Kier molecular flexibility index (Phi) is 8.60. The Morgan fingerprint density at radius 1 is 1.14 bits per heavy atom. The highest BCUT2D eigenvalue weighted by Gasteiger charge is 2.27. The van der Waals surface area contributed by atoms with E-state index in [1.54, 1.807) is 0 Å². The van der Waals surface area contributed by atoms with Gasteiger partial charge >= 0.3 is 0 Å². The van der Waals surface area contributed by atoms with Gasteiger partial charge in [0.1, 0.15) is 0 Å². The average Bonchev–Trinajstić information content (AvgIpc) is 2.48. The van der Waals surface area contributed by atoms with Gasteiger partial charge in [-0.1, -0.05) is 19.3 Å². The number of halogens is 1. The molecular weight excluding hydrogens is 286 g/mol. The molecule has 2 rings (SSSR count). The quantitative estimate of drug-likeness (QED) is 0.817. The number of carbonyl (C=O) groups is 1. The minimum atomic E-state index is 0. The van der Waals surface area contributed by atoms with E-state index < -0.39 is 0 Å². The number of hydrogen-bond donors (Lipinski definition) is 2. The van der Waals surface area contributed by atoms with E-state index in [9.17, 15) is 4.79 Å². The maximum atomic E-state index is 12.4. The summed E-state index contributed by atoms with van der Waals surface area (Å²) < 4.78 is 0. The molecule has 0 bridgehead atoms. The predicted molar refractivity (Wildman–Crippen MR) is 89.9 cm³/mol. The van der Waals surface area contributed by atoms with Gasteiger partial charge in [-0.2, -0.15) is 0 Å². The lowest BCUT2D eigenvalue weighted by atomic mass is 9.94. The number of amides is 1. The van der Waals surface area contributed by atoms with Crippen LogP contribution in [0, 0.1) is 5.92 Å². The first-order valence-electron chi connectivity index (χ1n) is 8.39. The van der Waals surface area contributed by atoms with Gasteiger partial charge in [0.2, 0.25) is 5.91 Å². The Bertz CT molecular complexity index is 300. The number of piperidine rings is 1. The van der Waals surface area contributed by atoms with Gasteiger partial charge in [0.15, 0.2) is 0 Å². The summed E-state index contributed by atoms with van der Waals surface area (Å²) in [6.07, 6.45) is 8.64. The highest BCUT2D eigenvalue weighted by Crippen LogP contribution is 2.20. The van der Waals surface area contributed by atoms with Crippen LogP contribution in [0.4, 0.5) is 0 Å². The Hall–Kier alpha value is -0.320. The van der Waals surface area contributed by atoms with Crippen LogP contribution >= 0.6 is 12.4 Å². The first-order chi connectivity index (χ1) is 9.70. The molecule has 5 heteroatoms. The van der Waals surface area contributed by atoms with Crippen molar-refractivity contribution in [1.29, 1.82) is 0 Å². The van der Waals surface area contributed by atoms with Crippen LogP contribution < -0.4 is 10.6 Å². The molecule has 1 unspecified atom stereocenters. The summed E-state index contributed by atoms with van der Waals surface area (Å²) in [6, 6.07) is 0.466. The van der Waals surface area contributed by atoms with Crippen molar-refractivity contribution in [2.75, 3.05) is 26.7 Å². The summed E-state index contributed by atoms with van der Waals surface area (Å²) in [6.45, 7) is 5.30. The van der Waals surface area contributed by atoms with Crippen LogP contribution in [0.25, 0.3) is 0 Å². The Labute approximate surface area is 135 Å². The fourth-order valence-corrected chi connectivity index (χ4v) is 3.57. The molecule has 0 radical (unpaired) electrons. The average molecular weight is 318 g/mol. The highest BCUT2D eigenvalue weighted by molar-refractivity contribution is 5.85. The van der Waals surface area contributed by atoms with Gasteiger partial charge in [0.25, 0.3) is 0 Å². The normalized spacial score (nSPS) is 23.3. The lowest BCUT2D eigenvalue weighted by Gasteiger charge is -2.36. The largest absolute Gasteiger partial charge is 0.352 e. The first-order valence-corrected chi connectivity index (χ1v) is 8.39. The second-order valence-corrected chi connectivity index (χ2v) is 6.56. The van der Waals surface area contributed by atoms with Gasteiger partial charge < -0.3 is 10.6 Å². The fraction of sp³-hybridized carbons (Fsp3) is 0.938. The van der Waals surface area contributed by atoms with Gasteiger partial charge in [0.05, 0.1) is 6.04 Å². The van der Waals surface area contributed by atoms with Crippen LogP contribution in [0.15, 0.2) is 0 Å². The van der Waals surface area contributed by atoms with Gasteiger partial charge in [-0.3, -0.25) is 9.69 Å². The van der Waals surface area contributed by atoms with Crippen molar-refractivity contribution in [3.05, 3.63) is 0 Å². The summed E-state index contributed by atoms with van der Waals surface area (Å²) >= 11 is 0. The number of nitrogens with zero attached hydrogens (tertiary/aromatic N) is 1. The lowest BCUT2D eigenvalue weighted by molar-refractivity contribution is -0.127. The molecule has 1 atom stereocenters. The molecular formula is C16H32ClN3O. The van der Waals surface area contributed by atoms with E-state index in [0.29, 0.717) is 6.04 Å². The van der Waals surface area contributed by atoms with Crippen LogP contribution in [0.5, 0.6) is 0 Å².